The fourth-order valence-corrected chi connectivity index (χ4v) is 1.83. The number of hydrogen-bond donors (Lipinski definition) is 3. The van der Waals surface area contributed by atoms with Crippen molar-refractivity contribution >= 4 is 11.6 Å². The number of nitrogens with two attached hydrogens (primary N) is 1. The number of hydrogen-bond acceptors (Lipinski definition) is 4. The molecule has 1 aromatic heterocycles. The Morgan fingerprint density at radius 2 is 2.20 bits per heavy atom. The summed E-state index contributed by atoms with van der Waals surface area (Å²) >= 11 is 0. The molecule has 1 aromatic carbocycles. The highest BCUT2D eigenvalue weighted by atomic mass is 16.1. The second-order valence-corrected chi connectivity index (χ2v) is 4.71. The zero-order valence-corrected chi connectivity index (χ0v) is 11.7. The van der Waals surface area contributed by atoms with E-state index in [-0.39, 0.29) is 11.9 Å². The third-order valence-electron chi connectivity index (χ3n) is 3.01. The maximum absolute atomic E-state index is 11.9. The van der Waals surface area contributed by atoms with Gasteiger partial charge < -0.3 is 11.1 Å². The van der Waals surface area contributed by atoms with E-state index in [4.69, 9.17) is 5.73 Å². The van der Waals surface area contributed by atoms with Crippen molar-refractivity contribution in [3.8, 4) is 11.4 Å². The number of nitrogens with one attached hydrogen (secondary N) is 2. The lowest BCUT2D eigenvalue weighted by Gasteiger charge is -2.11. The third kappa shape index (κ3) is 3.42. The van der Waals surface area contributed by atoms with E-state index in [1.807, 2.05) is 38.1 Å². The van der Waals surface area contributed by atoms with E-state index in [0.717, 1.165) is 17.8 Å². The SMILES string of the molecule is CCC(N)CC(=O)Nc1ccccc1-c1n[nH]c(C)n1. The summed E-state index contributed by atoms with van der Waals surface area (Å²) in [4.78, 5) is 16.2. The second-order valence-electron chi connectivity index (χ2n) is 4.71. The van der Waals surface area contributed by atoms with Crippen LogP contribution in [0.3, 0.4) is 0 Å². The number of H-pyrrole nitrogens is 1. The smallest absolute Gasteiger partial charge is 0.225 e. The molecule has 2 rings (SSSR count). The Labute approximate surface area is 117 Å². The van der Waals surface area contributed by atoms with Gasteiger partial charge in [0.2, 0.25) is 5.91 Å². The van der Waals surface area contributed by atoms with Gasteiger partial charge in [-0.1, -0.05) is 19.1 Å². The van der Waals surface area contributed by atoms with Crippen molar-refractivity contribution in [2.45, 2.75) is 32.7 Å². The van der Waals surface area contributed by atoms with Gasteiger partial charge in [0.25, 0.3) is 0 Å². The molecule has 106 valence electrons. The predicted octanol–water partition coefficient (Wildman–Crippen LogP) is 1.85. The average Bonchev–Trinajstić information content (AvgIpc) is 2.85. The number of rotatable bonds is 5. The summed E-state index contributed by atoms with van der Waals surface area (Å²) in [6.07, 6.45) is 1.08. The Morgan fingerprint density at radius 3 is 2.85 bits per heavy atom. The minimum Gasteiger partial charge on any atom is -0.327 e. The lowest BCUT2D eigenvalue weighted by Crippen LogP contribution is -2.26. The Bertz CT molecular complexity index is 593. The molecule has 1 atom stereocenters. The van der Waals surface area contributed by atoms with E-state index in [9.17, 15) is 4.79 Å². The molecule has 1 unspecified atom stereocenters. The topological polar surface area (TPSA) is 96.7 Å². The molecule has 0 saturated heterocycles. The standard InChI is InChI=1S/C14H19N5O/c1-3-10(15)8-13(20)17-12-7-5-4-6-11(12)14-16-9(2)18-19-14/h4-7,10H,3,8,15H2,1-2H3,(H,17,20)(H,16,18,19). The summed E-state index contributed by atoms with van der Waals surface area (Å²) in [7, 11) is 0. The number of anilines is 1. The van der Waals surface area contributed by atoms with Crippen LogP contribution in [0.1, 0.15) is 25.6 Å². The minimum absolute atomic E-state index is 0.0981. The zero-order valence-electron chi connectivity index (χ0n) is 11.7. The quantitative estimate of drug-likeness (QED) is 0.774. The zero-order chi connectivity index (χ0) is 14.5. The lowest BCUT2D eigenvalue weighted by molar-refractivity contribution is -0.116. The molecule has 20 heavy (non-hydrogen) atoms. The molecule has 0 saturated carbocycles. The molecule has 0 spiro atoms. The van der Waals surface area contributed by atoms with E-state index < -0.39 is 0 Å². The molecule has 4 N–H and O–H groups in total. The number of aromatic amines is 1. The van der Waals surface area contributed by atoms with Crippen LogP contribution in [0.25, 0.3) is 11.4 Å². The summed E-state index contributed by atoms with van der Waals surface area (Å²) < 4.78 is 0. The van der Waals surface area contributed by atoms with Gasteiger partial charge in [-0.2, -0.15) is 5.10 Å². The van der Waals surface area contributed by atoms with Crippen molar-refractivity contribution in [2.75, 3.05) is 5.32 Å². The number of carbonyl (C=O) groups excluding carboxylic acids is 1. The number of aromatic nitrogens is 3. The van der Waals surface area contributed by atoms with Crippen molar-refractivity contribution < 1.29 is 4.79 Å². The Hall–Kier alpha value is -2.21. The van der Waals surface area contributed by atoms with Crippen LogP contribution in [-0.2, 0) is 4.79 Å². The van der Waals surface area contributed by atoms with Crippen LogP contribution >= 0.6 is 0 Å². The molecule has 0 aliphatic heterocycles. The van der Waals surface area contributed by atoms with E-state index in [2.05, 4.69) is 20.5 Å². The van der Waals surface area contributed by atoms with E-state index in [1.54, 1.807) is 0 Å². The van der Waals surface area contributed by atoms with Gasteiger partial charge in [-0.25, -0.2) is 4.98 Å². The largest absolute Gasteiger partial charge is 0.327 e. The first-order valence-corrected chi connectivity index (χ1v) is 6.64. The molecule has 1 amide bonds. The molecule has 0 fully saturated rings. The van der Waals surface area contributed by atoms with Crippen molar-refractivity contribution in [1.29, 1.82) is 0 Å². The number of para-hydroxylation sites is 1. The highest BCUT2D eigenvalue weighted by molar-refractivity contribution is 5.94. The lowest BCUT2D eigenvalue weighted by atomic mass is 10.1. The van der Waals surface area contributed by atoms with Crippen LogP contribution in [0.5, 0.6) is 0 Å². The van der Waals surface area contributed by atoms with Crippen molar-refractivity contribution in [3.63, 3.8) is 0 Å². The van der Waals surface area contributed by atoms with Crippen molar-refractivity contribution in [1.82, 2.24) is 15.2 Å². The predicted molar refractivity (Wildman–Crippen MR) is 78.1 cm³/mol. The van der Waals surface area contributed by atoms with Gasteiger partial charge in [0, 0.05) is 18.0 Å². The summed E-state index contributed by atoms with van der Waals surface area (Å²) in [6.45, 7) is 3.79. The Morgan fingerprint density at radius 1 is 1.45 bits per heavy atom. The summed E-state index contributed by atoms with van der Waals surface area (Å²) in [5.74, 6) is 1.20. The van der Waals surface area contributed by atoms with Gasteiger partial charge in [-0.15, -0.1) is 0 Å². The van der Waals surface area contributed by atoms with Crippen LogP contribution < -0.4 is 11.1 Å². The fourth-order valence-electron chi connectivity index (χ4n) is 1.83. The van der Waals surface area contributed by atoms with E-state index >= 15 is 0 Å². The molecule has 1 heterocycles. The van der Waals surface area contributed by atoms with Crippen LogP contribution in [0.15, 0.2) is 24.3 Å². The first-order valence-electron chi connectivity index (χ1n) is 6.64. The number of carbonyl (C=O) groups is 1. The minimum atomic E-state index is -0.118. The monoisotopic (exact) mass is 273 g/mol. The summed E-state index contributed by atoms with van der Waals surface area (Å²) in [5.41, 5.74) is 7.27. The molecule has 0 radical (unpaired) electrons. The summed E-state index contributed by atoms with van der Waals surface area (Å²) in [6, 6.07) is 7.33. The normalized spacial score (nSPS) is 12.2. The second kappa shape index (κ2) is 6.29. The van der Waals surface area contributed by atoms with Crippen LogP contribution in [0.2, 0.25) is 0 Å². The summed E-state index contributed by atoms with van der Waals surface area (Å²) in [5, 5.41) is 9.78. The van der Waals surface area contributed by atoms with Gasteiger partial charge in [0.05, 0.1) is 5.69 Å². The number of nitrogens with zero attached hydrogens (tertiary/aromatic N) is 2. The van der Waals surface area contributed by atoms with Gasteiger partial charge in [0.15, 0.2) is 5.82 Å². The van der Waals surface area contributed by atoms with Gasteiger partial charge in [-0.05, 0) is 25.5 Å². The maximum atomic E-state index is 11.9. The molecule has 0 bridgehead atoms. The number of amides is 1. The highest BCUT2D eigenvalue weighted by Gasteiger charge is 2.13. The first-order chi connectivity index (χ1) is 9.60. The van der Waals surface area contributed by atoms with Gasteiger partial charge in [0.1, 0.15) is 5.82 Å². The number of aryl methyl sites for hydroxylation is 1. The fraction of sp³-hybridized carbons (Fsp3) is 0.357. The van der Waals surface area contributed by atoms with Gasteiger partial charge in [-0.3, -0.25) is 9.89 Å². The highest BCUT2D eigenvalue weighted by Crippen LogP contribution is 2.24. The Kier molecular flexibility index (Phi) is 4.47. The number of benzene rings is 1. The molecule has 2 aromatic rings. The van der Waals surface area contributed by atoms with Crippen LogP contribution in [0.4, 0.5) is 5.69 Å². The molecule has 6 nitrogen and oxygen atoms in total. The molecular formula is C14H19N5O. The third-order valence-corrected chi connectivity index (χ3v) is 3.01. The van der Waals surface area contributed by atoms with Gasteiger partial charge >= 0.3 is 0 Å². The van der Waals surface area contributed by atoms with E-state index in [0.29, 0.717) is 17.9 Å². The first kappa shape index (κ1) is 14.2. The maximum Gasteiger partial charge on any atom is 0.225 e. The molecule has 0 aliphatic rings. The van der Waals surface area contributed by atoms with Crippen LogP contribution in [0, 0.1) is 6.92 Å². The van der Waals surface area contributed by atoms with Crippen molar-refractivity contribution in [3.05, 3.63) is 30.1 Å². The average molecular weight is 273 g/mol. The molecule has 6 heteroatoms. The van der Waals surface area contributed by atoms with E-state index in [1.165, 1.54) is 0 Å². The Balaban J connectivity index is 2.18. The van der Waals surface area contributed by atoms with Crippen molar-refractivity contribution in [2.24, 2.45) is 5.73 Å². The van der Waals surface area contributed by atoms with Crippen LogP contribution in [-0.4, -0.2) is 27.1 Å². The molecular weight excluding hydrogens is 254 g/mol. The molecule has 0 aliphatic carbocycles.